The molecule has 1 fully saturated rings. The average Bonchev–Trinajstić information content (AvgIpc) is 2.71. The number of carbonyl (C=O) groups is 1. The molecule has 18 heavy (non-hydrogen) atoms. The molecule has 0 saturated carbocycles. The third-order valence-corrected chi connectivity index (χ3v) is 3.71. The normalized spacial score (nSPS) is 18.6. The number of amides is 1. The second-order valence-electron chi connectivity index (χ2n) is 4.77. The summed E-state index contributed by atoms with van der Waals surface area (Å²) in [5.41, 5.74) is 6.85. The fraction of sp³-hybridized carbons (Fsp3) is 0.667. The van der Waals surface area contributed by atoms with E-state index in [9.17, 15) is 4.79 Å². The van der Waals surface area contributed by atoms with Crippen molar-refractivity contribution in [2.24, 2.45) is 11.1 Å². The highest BCUT2D eigenvalue weighted by Crippen LogP contribution is 2.31. The predicted octanol–water partition coefficient (Wildman–Crippen LogP) is 0.985. The number of aryl methyl sites for hydroxylation is 1. The maximum Gasteiger partial charge on any atom is 0.234 e. The molecule has 0 aliphatic carbocycles. The third kappa shape index (κ3) is 2.26. The van der Waals surface area contributed by atoms with Gasteiger partial charge in [0.05, 0.1) is 11.1 Å². The molecule has 1 amide bonds. The number of nitrogens with zero attached hydrogens (tertiary/aromatic N) is 1. The lowest BCUT2D eigenvalue weighted by Gasteiger charge is -2.34. The second-order valence-corrected chi connectivity index (χ2v) is 4.77. The molecule has 0 unspecified atom stereocenters. The average molecular weight is 253 g/mol. The molecule has 2 heterocycles. The van der Waals surface area contributed by atoms with Crippen LogP contribution in [0.1, 0.15) is 24.1 Å². The van der Waals surface area contributed by atoms with Gasteiger partial charge in [0.25, 0.3) is 0 Å². The highest BCUT2D eigenvalue weighted by molar-refractivity contribution is 5.95. The number of rotatable bonds is 3. The zero-order valence-electron chi connectivity index (χ0n) is 10.8. The van der Waals surface area contributed by atoms with E-state index in [0.29, 0.717) is 38.5 Å². The van der Waals surface area contributed by atoms with E-state index in [0.717, 1.165) is 11.3 Å². The first-order chi connectivity index (χ1) is 8.59. The second kappa shape index (κ2) is 5.07. The molecule has 100 valence electrons. The number of carbonyl (C=O) groups excluding carboxylic acids is 1. The number of hydrogen-bond acceptors (Lipinski definition) is 5. The van der Waals surface area contributed by atoms with Gasteiger partial charge in [-0.3, -0.25) is 10.1 Å². The maximum absolute atomic E-state index is 12.3. The van der Waals surface area contributed by atoms with Crippen molar-refractivity contribution < 1.29 is 14.1 Å². The summed E-state index contributed by atoms with van der Waals surface area (Å²) >= 11 is 0. The van der Waals surface area contributed by atoms with Gasteiger partial charge in [0.1, 0.15) is 0 Å². The topological polar surface area (TPSA) is 90.4 Å². The van der Waals surface area contributed by atoms with Gasteiger partial charge in [-0.2, -0.15) is 0 Å². The Bertz CT molecular complexity index is 436. The summed E-state index contributed by atoms with van der Waals surface area (Å²) in [4.78, 5) is 12.3. The van der Waals surface area contributed by atoms with Crippen molar-refractivity contribution in [3.63, 3.8) is 0 Å². The summed E-state index contributed by atoms with van der Waals surface area (Å²) in [7, 11) is 0. The van der Waals surface area contributed by atoms with E-state index >= 15 is 0 Å². The molecule has 6 nitrogen and oxygen atoms in total. The van der Waals surface area contributed by atoms with Crippen LogP contribution < -0.4 is 11.1 Å². The largest absolute Gasteiger partial charge is 0.381 e. The fourth-order valence-electron chi connectivity index (χ4n) is 2.05. The highest BCUT2D eigenvalue weighted by atomic mass is 16.5. The highest BCUT2D eigenvalue weighted by Gasteiger charge is 2.39. The smallest absolute Gasteiger partial charge is 0.234 e. The molecule has 6 heteroatoms. The van der Waals surface area contributed by atoms with E-state index in [1.54, 1.807) is 0 Å². The lowest BCUT2D eigenvalue weighted by molar-refractivity contribution is -0.130. The molecule has 1 saturated heterocycles. The molecule has 0 bridgehead atoms. The Labute approximate surface area is 106 Å². The SMILES string of the molecule is Cc1noc(NC(=O)C2(CN)CCOCC2)c1C. The molecule has 1 aromatic rings. The van der Waals surface area contributed by atoms with Gasteiger partial charge in [-0.1, -0.05) is 5.16 Å². The van der Waals surface area contributed by atoms with Crippen LogP contribution in [0, 0.1) is 19.3 Å². The first-order valence-corrected chi connectivity index (χ1v) is 6.11. The van der Waals surface area contributed by atoms with E-state index in [4.69, 9.17) is 15.0 Å². The summed E-state index contributed by atoms with van der Waals surface area (Å²) in [5, 5.41) is 6.61. The minimum atomic E-state index is -0.550. The van der Waals surface area contributed by atoms with Gasteiger partial charge in [-0.15, -0.1) is 0 Å². The quantitative estimate of drug-likeness (QED) is 0.838. The van der Waals surface area contributed by atoms with Gasteiger partial charge in [-0.25, -0.2) is 0 Å². The van der Waals surface area contributed by atoms with Gasteiger partial charge in [0, 0.05) is 25.3 Å². The molecule has 0 atom stereocenters. The lowest BCUT2D eigenvalue weighted by Crippen LogP contribution is -2.46. The first kappa shape index (κ1) is 13.0. The first-order valence-electron chi connectivity index (χ1n) is 6.11. The van der Waals surface area contributed by atoms with E-state index in [2.05, 4.69) is 10.5 Å². The van der Waals surface area contributed by atoms with Crippen LogP contribution in [0.3, 0.4) is 0 Å². The molecular formula is C12H19N3O3. The summed E-state index contributed by atoms with van der Waals surface area (Å²) in [6.45, 7) is 5.15. The summed E-state index contributed by atoms with van der Waals surface area (Å²) < 4.78 is 10.4. The van der Waals surface area contributed by atoms with Gasteiger partial charge in [0.2, 0.25) is 11.8 Å². The van der Waals surface area contributed by atoms with Crippen LogP contribution in [0.5, 0.6) is 0 Å². The molecule has 1 aromatic heterocycles. The number of aromatic nitrogens is 1. The molecular weight excluding hydrogens is 234 g/mol. The summed E-state index contributed by atoms with van der Waals surface area (Å²) in [6, 6.07) is 0. The van der Waals surface area contributed by atoms with Gasteiger partial charge >= 0.3 is 0 Å². The Balaban J connectivity index is 2.13. The van der Waals surface area contributed by atoms with E-state index in [1.807, 2.05) is 13.8 Å². The van der Waals surface area contributed by atoms with Crippen molar-refractivity contribution in [3.8, 4) is 0 Å². The van der Waals surface area contributed by atoms with Gasteiger partial charge in [-0.05, 0) is 26.7 Å². The summed E-state index contributed by atoms with van der Waals surface area (Å²) in [5.74, 6) is 0.310. The van der Waals surface area contributed by atoms with Gasteiger partial charge < -0.3 is 15.0 Å². The van der Waals surface area contributed by atoms with E-state index in [1.165, 1.54) is 0 Å². The van der Waals surface area contributed by atoms with Crippen molar-refractivity contribution in [2.75, 3.05) is 25.1 Å². The van der Waals surface area contributed by atoms with Crippen LogP contribution in [0.15, 0.2) is 4.52 Å². The van der Waals surface area contributed by atoms with Crippen molar-refractivity contribution >= 4 is 11.8 Å². The molecule has 1 aliphatic rings. The van der Waals surface area contributed by atoms with Crippen LogP contribution in [0.25, 0.3) is 0 Å². The van der Waals surface area contributed by atoms with E-state index < -0.39 is 5.41 Å². The van der Waals surface area contributed by atoms with Crippen LogP contribution >= 0.6 is 0 Å². The Morgan fingerprint density at radius 2 is 2.11 bits per heavy atom. The number of anilines is 1. The van der Waals surface area contributed by atoms with E-state index in [-0.39, 0.29) is 5.91 Å². The Hall–Kier alpha value is -1.40. The Morgan fingerprint density at radius 3 is 2.61 bits per heavy atom. The maximum atomic E-state index is 12.3. The predicted molar refractivity (Wildman–Crippen MR) is 66.1 cm³/mol. The number of nitrogens with one attached hydrogen (secondary N) is 1. The minimum Gasteiger partial charge on any atom is -0.381 e. The molecule has 0 aromatic carbocycles. The number of hydrogen-bond donors (Lipinski definition) is 2. The van der Waals surface area contributed by atoms with Gasteiger partial charge in [0.15, 0.2) is 0 Å². The monoisotopic (exact) mass is 253 g/mol. The van der Waals surface area contributed by atoms with Crippen molar-refractivity contribution in [3.05, 3.63) is 11.3 Å². The zero-order chi connectivity index (χ0) is 13.2. The van der Waals surface area contributed by atoms with Crippen LogP contribution in [0.2, 0.25) is 0 Å². The standard InChI is InChI=1S/C12H19N3O3/c1-8-9(2)15-18-10(8)14-11(16)12(7-13)3-5-17-6-4-12/h3-7,13H2,1-2H3,(H,14,16). The molecule has 1 aliphatic heterocycles. The number of ether oxygens (including phenoxy) is 1. The Morgan fingerprint density at radius 1 is 1.44 bits per heavy atom. The van der Waals surface area contributed by atoms with Crippen LogP contribution in [-0.2, 0) is 9.53 Å². The molecule has 3 N–H and O–H groups in total. The third-order valence-electron chi connectivity index (χ3n) is 3.71. The Kier molecular flexibility index (Phi) is 3.68. The molecule has 0 radical (unpaired) electrons. The molecule has 2 rings (SSSR count). The number of nitrogens with two attached hydrogens (primary N) is 1. The van der Waals surface area contributed by atoms with Crippen molar-refractivity contribution in [2.45, 2.75) is 26.7 Å². The van der Waals surface area contributed by atoms with Crippen LogP contribution in [-0.4, -0.2) is 30.8 Å². The zero-order valence-corrected chi connectivity index (χ0v) is 10.8. The van der Waals surface area contributed by atoms with Crippen molar-refractivity contribution in [1.29, 1.82) is 0 Å². The van der Waals surface area contributed by atoms with Crippen LogP contribution in [0.4, 0.5) is 5.88 Å². The minimum absolute atomic E-state index is 0.104. The molecule has 0 spiro atoms. The lowest BCUT2D eigenvalue weighted by atomic mass is 9.79. The summed E-state index contributed by atoms with van der Waals surface area (Å²) in [6.07, 6.45) is 1.28. The fourth-order valence-corrected chi connectivity index (χ4v) is 2.05. The van der Waals surface area contributed by atoms with Crippen molar-refractivity contribution in [1.82, 2.24) is 5.16 Å².